The molecule has 2 aliphatic rings. The van der Waals surface area contributed by atoms with Gasteiger partial charge in [-0.25, -0.2) is 0 Å². The monoisotopic (exact) mass is 367 g/mol. The van der Waals surface area contributed by atoms with Gasteiger partial charge in [-0.05, 0) is 31.9 Å². The number of nitrogens with zero attached hydrogens (tertiary/aromatic N) is 5. The van der Waals surface area contributed by atoms with Crippen molar-refractivity contribution in [3.05, 3.63) is 47.0 Å². The average Bonchev–Trinajstić information content (AvgIpc) is 2.92. The number of benzene rings is 1. The lowest BCUT2D eigenvalue weighted by Gasteiger charge is -2.35. The van der Waals surface area contributed by atoms with Gasteiger partial charge in [-0.3, -0.25) is 9.69 Å². The number of aryl methyl sites for hydroxylation is 1. The van der Waals surface area contributed by atoms with Crippen LogP contribution < -0.4 is 0 Å². The van der Waals surface area contributed by atoms with E-state index in [1.165, 1.54) is 24.0 Å². The molecular formula is C21H29N5O. The van der Waals surface area contributed by atoms with Gasteiger partial charge in [-0.2, -0.15) is 0 Å². The highest BCUT2D eigenvalue weighted by Crippen LogP contribution is 2.32. The lowest BCUT2D eigenvalue weighted by molar-refractivity contribution is -0.128. The maximum Gasteiger partial charge on any atom is 0.219 e. The van der Waals surface area contributed by atoms with Crippen LogP contribution in [0.1, 0.15) is 55.0 Å². The first-order valence-corrected chi connectivity index (χ1v) is 10.1. The summed E-state index contributed by atoms with van der Waals surface area (Å²) in [5, 5.41) is 9.10. The van der Waals surface area contributed by atoms with Gasteiger partial charge in [0.05, 0.1) is 6.04 Å². The molecule has 3 heterocycles. The van der Waals surface area contributed by atoms with Crippen LogP contribution in [-0.4, -0.2) is 50.1 Å². The molecule has 27 heavy (non-hydrogen) atoms. The predicted octanol–water partition coefficient (Wildman–Crippen LogP) is 2.72. The zero-order valence-electron chi connectivity index (χ0n) is 16.4. The van der Waals surface area contributed by atoms with Crippen LogP contribution in [0.3, 0.4) is 0 Å². The van der Waals surface area contributed by atoms with E-state index in [9.17, 15) is 4.79 Å². The van der Waals surface area contributed by atoms with Gasteiger partial charge < -0.3 is 9.47 Å². The number of amides is 1. The first-order chi connectivity index (χ1) is 13.1. The molecule has 144 valence electrons. The van der Waals surface area contributed by atoms with E-state index < -0.39 is 0 Å². The molecule has 6 nitrogen and oxygen atoms in total. The van der Waals surface area contributed by atoms with Crippen LogP contribution in [-0.2, 0) is 24.3 Å². The second kappa shape index (κ2) is 7.80. The predicted molar refractivity (Wildman–Crippen MR) is 104 cm³/mol. The molecule has 0 spiro atoms. The topological polar surface area (TPSA) is 54.3 Å². The van der Waals surface area contributed by atoms with E-state index in [0.717, 1.165) is 57.2 Å². The molecule has 1 aromatic carbocycles. The summed E-state index contributed by atoms with van der Waals surface area (Å²) >= 11 is 0. The van der Waals surface area contributed by atoms with Crippen LogP contribution in [0.25, 0.3) is 0 Å². The lowest BCUT2D eigenvalue weighted by Crippen LogP contribution is -2.35. The molecule has 1 atom stereocenters. The molecule has 4 rings (SSSR count). The van der Waals surface area contributed by atoms with Crippen molar-refractivity contribution in [2.45, 2.75) is 58.7 Å². The van der Waals surface area contributed by atoms with Gasteiger partial charge >= 0.3 is 0 Å². The van der Waals surface area contributed by atoms with Gasteiger partial charge in [0.25, 0.3) is 0 Å². The summed E-state index contributed by atoms with van der Waals surface area (Å²) in [4.78, 5) is 16.2. The fraction of sp³-hybridized carbons (Fsp3) is 0.571. The maximum absolute atomic E-state index is 11.8. The molecule has 6 heteroatoms. The SMILES string of the molecule is CC(=O)N1CCc2nnc([C@@H]3CCCCN3Cc3cccc(C)c3)n2CC1. The van der Waals surface area contributed by atoms with Gasteiger partial charge in [0, 0.05) is 39.5 Å². The molecule has 0 radical (unpaired) electrons. The summed E-state index contributed by atoms with van der Waals surface area (Å²) in [5.74, 6) is 2.26. The number of fused-ring (bicyclic) bond motifs is 1. The van der Waals surface area contributed by atoms with Crippen molar-refractivity contribution < 1.29 is 4.79 Å². The Morgan fingerprint density at radius 3 is 2.85 bits per heavy atom. The molecule has 1 aromatic heterocycles. The Labute approximate surface area is 161 Å². The molecule has 0 saturated carbocycles. The average molecular weight is 367 g/mol. The Balaban J connectivity index is 1.56. The fourth-order valence-electron chi connectivity index (χ4n) is 4.42. The van der Waals surface area contributed by atoms with Gasteiger partial charge in [-0.1, -0.05) is 36.2 Å². The Bertz CT molecular complexity index is 815. The van der Waals surface area contributed by atoms with E-state index in [0.29, 0.717) is 6.04 Å². The number of likely N-dealkylation sites (tertiary alicyclic amines) is 1. The Hall–Kier alpha value is -2.21. The van der Waals surface area contributed by atoms with Gasteiger partial charge in [0.1, 0.15) is 11.6 Å². The third kappa shape index (κ3) is 3.90. The molecular weight excluding hydrogens is 338 g/mol. The molecule has 0 aliphatic carbocycles. The second-order valence-corrected chi connectivity index (χ2v) is 7.85. The van der Waals surface area contributed by atoms with Crippen molar-refractivity contribution in [2.75, 3.05) is 19.6 Å². The van der Waals surface area contributed by atoms with E-state index in [1.54, 1.807) is 6.92 Å². The number of hydrogen-bond donors (Lipinski definition) is 0. The van der Waals surface area contributed by atoms with E-state index in [-0.39, 0.29) is 5.91 Å². The van der Waals surface area contributed by atoms with Crippen LogP contribution in [0.15, 0.2) is 24.3 Å². The second-order valence-electron chi connectivity index (χ2n) is 7.85. The number of aromatic nitrogens is 3. The first-order valence-electron chi connectivity index (χ1n) is 10.1. The summed E-state index contributed by atoms with van der Waals surface area (Å²) in [6.45, 7) is 8.14. The molecule has 1 saturated heterocycles. The highest BCUT2D eigenvalue weighted by atomic mass is 16.2. The quantitative estimate of drug-likeness (QED) is 0.837. The van der Waals surface area contributed by atoms with E-state index in [2.05, 4.69) is 50.9 Å². The van der Waals surface area contributed by atoms with Crippen molar-refractivity contribution in [1.29, 1.82) is 0 Å². The van der Waals surface area contributed by atoms with Crippen LogP contribution >= 0.6 is 0 Å². The van der Waals surface area contributed by atoms with Crippen molar-refractivity contribution in [2.24, 2.45) is 0 Å². The fourth-order valence-corrected chi connectivity index (χ4v) is 4.42. The molecule has 2 aromatic rings. The van der Waals surface area contributed by atoms with Crippen molar-refractivity contribution >= 4 is 5.91 Å². The summed E-state index contributed by atoms with van der Waals surface area (Å²) in [6, 6.07) is 9.10. The van der Waals surface area contributed by atoms with E-state index >= 15 is 0 Å². The van der Waals surface area contributed by atoms with Gasteiger partial charge in [-0.15, -0.1) is 10.2 Å². The summed E-state index contributed by atoms with van der Waals surface area (Å²) in [6.07, 6.45) is 4.38. The Morgan fingerprint density at radius 2 is 2.04 bits per heavy atom. The molecule has 0 bridgehead atoms. The number of hydrogen-bond acceptors (Lipinski definition) is 4. The summed E-state index contributed by atoms with van der Waals surface area (Å²) in [7, 11) is 0. The first kappa shape index (κ1) is 18.2. The van der Waals surface area contributed by atoms with Crippen LogP contribution in [0.4, 0.5) is 0 Å². The number of rotatable bonds is 3. The highest BCUT2D eigenvalue weighted by Gasteiger charge is 2.30. The third-order valence-electron chi connectivity index (χ3n) is 5.88. The molecule has 2 aliphatic heterocycles. The highest BCUT2D eigenvalue weighted by molar-refractivity contribution is 5.73. The maximum atomic E-state index is 11.8. The Morgan fingerprint density at radius 1 is 1.15 bits per heavy atom. The minimum atomic E-state index is 0.147. The van der Waals surface area contributed by atoms with Crippen LogP contribution in [0.2, 0.25) is 0 Å². The molecule has 1 amide bonds. The molecule has 0 N–H and O–H groups in total. The summed E-state index contributed by atoms with van der Waals surface area (Å²) < 4.78 is 2.28. The number of carbonyl (C=O) groups is 1. The normalized spacial score (nSPS) is 21.0. The minimum Gasteiger partial charge on any atom is -0.341 e. The third-order valence-corrected chi connectivity index (χ3v) is 5.88. The lowest BCUT2D eigenvalue weighted by atomic mass is 10.00. The number of piperidine rings is 1. The van der Waals surface area contributed by atoms with E-state index in [1.807, 2.05) is 4.90 Å². The smallest absolute Gasteiger partial charge is 0.219 e. The standard InChI is InChI=1S/C21H29N5O/c1-16-6-5-7-18(14-16)15-25-10-4-3-8-19(25)21-23-22-20-9-11-24(17(2)27)12-13-26(20)21/h5-7,14,19H,3-4,8-13,15H2,1-2H3/t19-/m0/s1. The van der Waals surface area contributed by atoms with Crippen LogP contribution in [0, 0.1) is 6.92 Å². The largest absolute Gasteiger partial charge is 0.341 e. The van der Waals surface area contributed by atoms with Crippen LogP contribution in [0.5, 0.6) is 0 Å². The van der Waals surface area contributed by atoms with Crippen molar-refractivity contribution in [3.63, 3.8) is 0 Å². The zero-order chi connectivity index (χ0) is 18.8. The van der Waals surface area contributed by atoms with Gasteiger partial charge in [0.15, 0.2) is 0 Å². The number of carbonyl (C=O) groups excluding carboxylic acids is 1. The molecule has 1 fully saturated rings. The zero-order valence-corrected chi connectivity index (χ0v) is 16.4. The minimum absolute atomic E-state index is 0.147. The van der Waals surface area contributed by atoms with Crippen molar-refractivity contribution in [3.8, 4) is 0 Å². The molecule has 0 unspecified atom stereocenters. The van der Waals surface area contributed by atoms with E-state index in [4.69, 9.17) is 0 Å². The summed E-state index contributed by atoms with van der Waals surface area (Å²) in [5.41, 5.74) is 2.67. The van der Waals surface area contributed by atoms with Gasteiger partial charge in [0.2, 0.25) is 5.91 Å². The van der Waals surface area contributed by atoms with Crippen molar-refractivity contribution in [1.82, 2.24) is 24.6 Å². The Kier molecular flexibility index (Phi) is 5.25.